The second kappa shape index (κ2) is 8.21. The molecule has 2 aromatic rings. The molecule has 0 unspecified atom stereocenters. The summed E-state index contributed by atoms with van der Waals surface area (Å²) in [6.45, 7) is 2.23. The van der Waals surface area contributed by atoms with Gasteiger partial charge in [0.05, 0.1) is 19.3 Å². The minimum atomic E-state index is -1.06. The molecule has 2 aromatic carbocycles. The molecule has 0 spiro atoms. The predicted molar refractivity (Wildman–Crippen MR) is 88.4 cm³/mol. The molecular formula is C18H20O6. The maximum absolute atomic E-state index is 11.3. The van der Waals surface area contributed by atoms with Crippen LogP contribution in [0.4, 0.5) is 0 Å². The van der Waals surface area contributed by atoms with Gasteiger partial charge in [0.15, 0.2) is 0 Å². The fourth-order valence-electron chi connectivity index (χ4n) is 2.10. The molecule has 0 bridgehead atoms. The van der Waals surface area contributed by atoms with Gasteiger partial charge in [0.1, 0.15) is 29.1 Å². The zero-order chi connectivity index (χ0) is 17.5. The van der Waals surface area contributed by atoms with E-state index < -0.39 is 5.97 Å². The Labute approximate surface area is 140 Å². The second-order valence-corrected chi connectivity index (χ2v) is 5.16. The van der Waals surface area contributed by atoms with Crippen LogP contribution >= 0.6 is 0 Å². The Kier molecular flexibility index (Phi) is 6.03. The monoisotopic (exact) mass is 332 g/mol. The van der Waals surface area contributed by atoms with Gasteiger partial charge < -0.3 is 24.1 Å². The van der Waals surface area contributed by atoms with E-state index in [0.717, 1.165) is 0 Å². The van der Waals surface area contributed by atoms with Crippen molar-refractivity contribution in [1.29, 1.82) is 0 Å². The topological polar surface area (TPSA) is 74.2 Å². The number of hydrogen-bond donors (Lipinski definition) is 1. The Morgan fingerprint density at radius 3 is 2.21 bits per heavy atom. The summed E-state index contributed by atoms with van der Waals surface area (Å²) in [7, 11) is 3.16. The predicted octanol–water partition coefficient (Wildman–Crippen LogP) is 3.60. The van der Waals surface area contributed by atoms with Crippen molar-refractivity contribution < 1.29 is 28.8 Å². The van der Waals surface area contributed by atoms with E-state index in [1.54, 1.807) is 44.6 Å². The lowest BCUT2D eigenvalue weighted by atomic mass is 10.2. The van der Waals surface area contributed by atoms with Crippen molar-refractivity contribution in [2.75, 3.05) is 20.8 Å². The van der Waals surface area contributed by atoms with Gasteiger partial charge in [0.2, 0.25) is 0 Å². The third-order valence-electron chi connectivity index (χ3n) is 3.16. The highest BCUT2D eigenvalue weighted by Crippen LogP contribution is 2.29. The lowest BCUT2D eigenvalue weighted by Gasteiger charge is -2.15. The zero-order valence-electron chi connectivity index (χ0n) is 13.8. The van der Waals surface area contributed by atoms with E-state index in [1.807, 2.05) is 6.92 Å². The minimum Gasteiger partial charge on any atom is -0.497 e. The first kappa shape index (κ1) is 17.6. The number of ether oxygens (including phenoxy) is 4. The third-order valence-corrected chi connectivity index (χ3v) is 3.16. The molecule has 6 nitrogen and oxygen atoms in total. The molecule has 2 rings (SSSR count). The SMILES string of the molecule is COC[C@H](C)Oc1cc(Oc2ccc(OC)cc2)cc(C(=O)O)c1. The van der Waals surface area contributed by atoms with Crippen LogP contribution in [0.5, 0.6) is 23.0 Å². The average Bonchev–Trinajstić information content (AvgIpc) is 2.55. The molecule has 0 aromatic heterocycles. The van der Waals surface area contributed by atoms with Gasteiger partial charge in [-0.1, -0.05) is 0 Å². The third kappa shape index (κ3) is 4.89. The van der Waals surface area contributed by atoms with E-state index in [9.17, 15) is 9.90 Å². The first-order valence-corrected chi connectivity index (χ1v) is 7.37. The first-order valence-electron chi connectivity index (χ1n) is 7.37. The summed E-state index contributed by atoms with van der Waals surface area (Å²) in [6.07, 6.45) is -0.215. The van der Waals surface area contributed by atoms with E-state index in [1.165, 1.54) is 12.1 Å². The Hall–Kier alpha value is -2.73. The smallest absolute Gasteiger partial charge is 0.335 e. The molecule has 0 radical (unpaired) electrons. The van der Waals surface area contributed by atoms with Crippen molar-refractivity contribution in [1.82, 2.24) is 0 Å². The quantitative estimate of drug-likeness (QED) is 0.796. The minimum absolute atomic E-state index is 0.0839. The van der Waals surface area contributed by atoms with Gasteiger partial charge in [-0.05, 0) is 43.3 Å². The maximum Gasteiger partial charge on any atom is 0.335 e. The number of carboxylic acid groups (broad SMARTS) is 1. The lowest BCUT2D eigenvalue weighted by Crippen LogP contribution is -2.18. The molecule has 0 aliphatic carbocycles. The maximum atomic E-state index is 11.3. The van der Waals surface area contributed by atoms with Gasteiger partial charge >= 0.3 is 5.97 Å². The number of hydrogen-bond acceptors (Lipinski definition) is 5. The Bertz CT molecular complexity index is 680. The summed E-state index contributed by atoms with van der Waals surface area (Å²) in [5.74, 6) is 0.996. The molecule has 6 heteroatoms. The van der Waals surface area contributed by atoms with Crippen LogP contribution in [0.2, 0.25) is 0 Å². The number of aromatic carboxylic acids is 1. The largest absolute Gasteiger partial charge is 0.497 e. The van der Waals surface area contributed by atoms with E-state index in [-0.39, 0.29) is 11.7 Å². The summed E-state index contributed by atoms with van der Waals surface area (Å²) in [6, 6.07) is 11.5. The van der Waals surface area contributed by atoms with Gasteiger partial charge in [-0.25, -0.2) is 4.79 Å². The van der Waals surface area contributed by atoms with Crippen molar-refractivity contribution >= 4 is 5.97 Å². The van der Waals surface area contributed by atoms with Crippen molar-refractivity contribution in [3.8, 4) is 23.0 Å². The molecule has 0 fully saturated rings. The molecule has 0 amide bonds. The van der Waals surface area contributed by atoms with Crippen LogP contribution in [0.15, 0.2) is 42.5 Å². The molecule has 128 valence electrons. The summed E-state index contributed by atoms with van der Waals surface area (Å²) in [5.41, 5.74) is 0.0839. The summed E-state index contributed by atoms with van der Waals surface area (Å²) < 4.78 is 21.5. The number of benzene rings is 2. The molecule has 0 heterocycles. The highest BCUT2D eigenvalue weighted by atomic mass is 16.5. The Balaban J connectivity index is 2.23. The normalized spacial score (nSPS) is 11.6. The molecule has 0 saturated carbocycles. The van der Waals surface area contributed by atoms with Gasteiger partial charge in [-0.2, -0.15) is 0 Å². The molecule has 0 aliphatic rings. The van der Waals surface area contributed by atoms with E-state index >= 15 is 0 Å². The van der Waals surface area contributed by atoms with Gasteiger partial charge in [0.25, 0.3) is 0 Å². The van der Waals surface area contributed by atoms with Crippen molar-refractivity contribution in [2.45, 2.75) is 13.0 Å². The van der Waals surface area contributed by atoms with Gasteiger partial charge in [-0.15, -0.1) is 0 Å². The second-order valence-electron chi connectivity index (χ2n) is 5.16. The molecule has 1 atom stereocenters. The number of carboxylic acids is 1. The van der Waals surface area contributed by atoms with Crippen molar-refractivity contribution in [3.05, 3.63) is 48.0 Å². The van der Waals surface area contributed by atoms with E-state index in [4.69, 9.17) is 18.9 Å². The Morgan fingerprint density at radius 2 is 1.62 bits per heavy atom. The first-order chi connectivity index (χ1) is 11.5. The van der Waals surface area contributed by atoms with Crippen LogP contribution in [-0.2, 0) is 4.74 Å². The van der Waals surface area contributed by atoms with Crippen LogP contribution in [0.25, 0.3) is 0 Å². The molecular weight excluding hydrogens is 312 g/mol. The van der Waals surface area contributed by atoms with E-state index in [0.29, 0.717) is 29.6 Å². The average molecular weight is 332 g/mol. The van der Waals surface area contributed by atoms with Gasteiger partial charge in [0, 0.05) is 13.2 Å². The fraction of sp³-hybridized carbons (Fsp3) is 0.278. The lowest BCUT2D eigenvalue weighted by molar-refractivity contribution is 0.0693. The highest BCUT2D eigenvalue weighted by Gasteiger charge is 2.12. The highest BCUT2D eigenvalue weighted by molar-refractivity contribution is 5.88. The molecule has 0 aliphatic heterocycles. The number of methoxy groups -OCH3 is 2. The van der Waals surface area contributed by atoms with Crippen LogP contribution in [0.1, 0.15) is 17.3 Å². The summed E-state index contributed by atoms with van der Waals surface area (Å²) in [5, 5.41) is 9.25. The van der Waals surface area contributed by atoms with Crippen LogP contribution in [0.3, 0.4) is 0 Å². The fourth-order valence-corrected chi connectivity index (χ4v) is 2.10. The number of rotatable bonds is 8. The van der Waals surface area contributed by atoms with Crippen LogP contribution < -0.4 is 14.2 Å². The molecule has 1 N–H and O–H groups in total. The number of carbonyl (C=O) groups is 1. The van der Waals surface area contributed by atoms with E-state index in [2.05, 4.69) is 0 Å². The van der Waals surface area contributed by atoms with Crippen LogP contribution in [-0.4, -0.2) is 38.0 Å². The van der Waals surface area contributed by atoms with Gasteiger partial charge in [-0.3, -0.25) is 0 Å². The molecule has 0 saturated heterocycles. The zero-order valence-corrected chi connectivity index (χ0v) is 13.8. The molecule has 24 heavy (non-hydrogen) atoms. The van der Waals surface area contributed by atoms with Crippen molar-refractivity contribution in [2.24, 2.45) is 0 Å². The van der Waals surface area contributed by atoms with Crippen LogP contribution in [0, 0.1) is 0 Å². The summed E-state index contributed by atoms with van der Waals surface area (Å²) in [4.78, 5) is 11.3. The standard InChI is InChI=1S/C18H20O6/c1-12(11-21-2)23-16-8-13(18(19)20)9-17(10-16)24-15-6-4-14(22-3)5-7-15/h4-10,12H,11H2,1-3H3,(H,19,20)/t12-/m0/s1. The van der Waals surface area contributed by atoms with Crippen molar-refractivity contribution in [3.63, 3.8) is 0 Å². The summed E-state index contributed by atoms with van der Waals surface area (Å²) >= 11 is 0. The Morgan fingerprint density at radius 1 is 1.00 bits per heavy atom.